The van der Waals surface area contributed by atoms with Crippen LogP contribution in [0.2, 0.25) is 0 Å². The highest BCUT2D eigenvalue weighted by molar-refractivity contribution is 4.55. The Morgan fingerprint density at radius 1 is 0.737 bits per heavy atom. The number of H-pyrrole nitrogens is 1. The maximum absolute atomic E-state index is 3.09. The second-order valence-electron chi connectivity index (χ2n) is 5.74. The number of imidazole rings is 1. The van der Waals surface area contributed by atoms with E-state index in [-0.39, 0.29) is 0 Å². The molecule has 0 amide bonds. The van der Waals surface area contributed by atoms with Crippen molar-refractivity contribution >= 4 is 0 Å². The van der Waals surface area contributed by atoms with Gasteiger partial charge in [-0.05, 0) is 12.8 Å². The number of unbranched alkanes of at least 4 members (excludes halogenated alkanes) is 11. The average Bonchev–Trinajstić information content (AvgIpc) is 2.93. The summed E-state index contributed by atoms with van der Waals surface area (Å²) in [6.45, 7) is 3.45. The van der Waals surface area contributed by atoms with Gasteiger partial charge in [0.25, 0.3) is 0 Å². The number of aryl methyl sites for hydroxylation is 1. The molecule has 1 aromatic heterocycles. The van der Waals surface area contributed by atoms with Gasteiger partial charge in [0.15, 0.2) is 0 Å². The molecule has 0 aliphatic heterocycles. The van der Waals surface area contributed by atoms with Crippen molar-refractivity contribution < 1.29 is 4.57 Å². The standard InChI is InChI=1S/C17H32N2/c1-2-3-4-5-6-7-8-9-10-11-12-13-15-19-16-14-18-17-19/h14,16-17H,2-13,15H2,1H3/p+1. The molecular formula is C17H33N2+. The molecular weight excluding hydrogens is 232 g/mol. The second kappa shape index (κ2) is 12.3. The average molecular weight is 265 g/mol. The minimum Gasteiger partial charge on any atom is -0.250 e. The summed E-state index contributed by atoms with van der Waals surface area (Å²) in [6.07, 6.45) is 23.2. The monoisotopic (exact) mass is 265 g/mol. The zero-order chi connectivity index (χ0) is 13.6. The van der Waals surface area contributed by atoms with E-state index in [4.69, 9.17) is 0 Å². The molecule has 0 saturated heterocycles. The third-order valence-electron chi connectivity index (χ3n) is 3.87. The van der Waals surface area contributed by atoms with E-state index in [1.165, 1.54) is 83.6 Å². The van der Waals surface area contributed by atoms with E-state index in [2.05, 4.69) is 22.7 Å². The first-order valence-corrected chi connectivity index (χ1v) is 8.45. The van der Waals surface area contributed by atoms with Crippen LogP contribution >= 0.6 is 0 Å². The highest BCUT2D eigenvalue weighted by Crippen LogP contribution is 2.11. The van der Waals surface area contributed by atoms with Crippen molar-refractivity contribution in [3.05, 3.63) is 18.7 Å². The Kier molecular flexibility index (Phi) is 10.5. The molecule has 1 rings (SSSR count). The van der Waals surface area contributed by atoms with Crippen molar-refractivity contribution in [2.45, 2.75) is 90.5 Å². The van der Waals surface area contributed by atoms with E-state index in [1.807, 2.05) is 12.5 Å². The van der Waals surface area contributed by atoms with Crippen molar-refractivity contribution in [2.24, 2.45) is 0 Å². The molecule has 1 heterocycles. The van der Waals surface area contributed by atoms with Crippen LogP contribution in [0.15, 0.2) is 18.7 Å². The van der Waals surface area contributed by atoms with E-state index < -0.39 is 0 Å². The molecule has 0 spiro atoms. The fraction of sp³-hybridized carbons (Fsp3) is 0.824. The van der Waals surface area contributed by atoms with Crippen LogP contribution in [-0.2, 0) is 6.54 Å². The molecule has 0 unspecified atom stereocenters. The van der Waals surface area contributed by atoms with E-state index in [0.717, 1.165) is 0 Å². The largest absolute Gasteiger partial charge is 0.250 e. The zero-order valence-corrected chi connectivity index (χ0v) is 12.9. The SMILES string of the molecule is CCCCCCCCCCCCCC[n+]1cc[nH]c1. The molecule has 1 aromatic rings. The summed E-state index contributed by atoms with van der Waals surface area (Å²) in [5.74, 6) is 0. The van der Waals surface area contributed by atoms with Crippen LogP contribution in [0.4, 0.5) is 0 Å². The fourth-order valence-electron chi connectivity index (χ4n) is 2.60. The fourth-order valence-corrected chi connectivity index (χ4v) is 2.60. The highest BCUT2D eigenvalue weighted by Gasteiger charge is 1.97. The Balaban J connectivity index is 1.72. The first-order valence-electron chi connectivity index (χ1n) is 8.45. The number of aromatic amines is 1. The van der Waals surface area contributed by atoms with Crippen LogP contribution in [0, 0.1) is 0 Å². The molecule has 0 aromatic carbocycles. The molecule has 0 atom stereocenters. The van der Waals surface area contributed by atoms with Gasteiger partial charge >= 0.3 is 0 Å². The second-order valence-corrected chi connectivity index (χ2v) is 5.74. The Hall–Kier alpha value is -0.790. The van der Waals surface area contributed by atoms with Gasteiger partial charge < -0.3 is 0 Å². The predicted octanol–water partition coefficient (Wildman–Crippen LogP) is 5.00. The van der Waals surface area contributed by atoms with Gasteiger partial charge in [0.2, 0.25) is 6.33 Å². The topological polar surface area (TPSA) is 19.7 Å². The number of hydrogen-bond acceptors (Lipinski definition) is 0. The molecule has 0 bridgehead atoms. The van der Waals surface area contributed by atoms with Crippen LogP contribution in [0.5, 0.6) is 0 Å². The Bertz CT molecular complexity index is 267. The molecule has 0 fully saturated rings. The summed E-state index contributed by atoms with van der Waals surface area (Å²) in [7, 11) is 0. The van der Waals surface area contributed by atoms with Gasteiger partial charge in [0.05, 0.1) is 6.54 Å². The van der Waals surface area contributed by atoms with Gasteiger partial charge in [-0.15, -0.1) is 0 Å². The summed E-state index contributed by atoms with van der Waals surface area (Å²) < 4.78 is 2.23. The van der Waals surface area contributed by atoms with Gasteiger partial charge in [-0.3, -0.25) is 4.98 Å². The minimum atomic E-state index is 1.17. The van der Waals surface area contributed by atoms with Crippen molar-refractivity contribution in [3.8, 4) is 0 Å². The smallest absolute Gasteiger partial charge is 0.241 e. The Morgan fingerprint density at radius 3 is 1.74 bits per heavy atom. The quantitative estimate of drug-likeness (QED) is 0.382. The van der Waals surface area contributed by atoms with E-state index in [9.17, 15) is 0 Å². The third-order valence-corrected chi connectivity index (χ3v) is 3.87. The van der Waals surface area contributed by atoms with Gasteiger partial charge in [0, 0.05) is 0 Å². The van der Waals surface area contributed by atoms with E-state index in [1.54, 1.807) is 0 Å². The van der Waals surface area contributed by atoms with E-state index >= 15 is 0 Å². The summed E-state index contributed by atoms with van der Waals surface area (Å²) in [4.78, 5) is 3.09. The van der Waals surface area contributed by atoms with Gasteiger partial charge in [-0.25, -0.2) is 4.57 Å². The van der Waals surface area contributed by atoms with Crippen molar-refractivity contribution in [3.63, 3.8) is 0 Å². The van der Waals surface area contributed by atoms with E-state index in [0.29, 0.717) is 0 Å². The van der Waals surface area contributed by atoms with Crippen molar-refractivity contribution in [1.82, 2.24) is 4.98 Å². The summed E-state index contributed by atoms with van der Waals surface area (Å²) in [5, 5.41) is 0. The molecule has 1 N–H and O–H groups in total. The van der Waals surface area contributed by atoms with Gasteiger partial charge in [-0.2, -0.15) is 0 Å². The predicted molar refractivity (Wildman–Crippen MR) is 82.1 cm³/mol. The molecule has 0 saturated carbocycles. The maximum atomic E-state index is 3.09. The van der Waals surface area contributed by atoms with Crippen LogP contribution in [0.3, 0.4) is 0 Å². The molecule has 0 aliphatic carbocycles. The first kappa shape index (κ1) is 16.3. The molecule has 2 nitrogen and oxygen atoms in total. The van der Waals surface area contributed by atoms with Crippen LogP contribution in [0.25, 0.3) is 0 Å². The van der Waals surface area contributed by atoms with Crippen LogP contribution < -0.4 is 4.57 Å². The molecule has 0 aliphatic rings. The van der Waals surface area contributed by atoms with Gasteiger partial charge in [-0.1, -0.05) is 71.1 Å². The lowest BCUT2D eigenvalue weighted by Gasteiger charge is -2.02. The lowest BCUT2D eigenvalue weighted by molar-refractivity contribution is -0.696. The number of nitrogens with zero attached hydrogens (tertiary/aromatic N) is 1. The summed E-state index contributed by atoms with van der Waals surface area (Å²) in [5.41, 5.74) is 0. The molecule has 0 radical (unpaired) electrons. The lowest BCUT2D eigenvalue weighted by Crippen LogP contribution is -2.30. The molecule has 110 valence electrons. The molecule has 2 heteroatoms. The Morgan fingerprint density at radius 2 is 1.26 bits per heavy atom. The summed E-state index contributed by atoms with van der Waals surface area (Å²) >= 11 is 0. The summed E-state index contributed by atoms with van der Waals surface area (Å²) in [6, 6.07) is 0. The maximum Gasteiger partial charge on any atom is 0.241 e. The lowest BCUT2D eigenvalue weighted by atomic mass is 10.1. The minimum absolute atomic E-state index is 1.17. The number of nitrogens with one attached hydrogen (secondary N) is 1. The normalized spacial score (nSPS) is 11.0. The molecule has 19 heavy (non-hydrogen) atoms. The highest BCUT2D eigenvalue weighted by atomic mass is 15.0. The third kappa shape index (κ3) is 9.75. The zero-order valence-electron chi connectivity index (χ0n) is 12.9. The van der Waals surface area contributed by atoms with Gasteiger partial charge in [0.1, 0.15) is 12.4 Å². The number of hydrogen-bond donors (Lipinski definition) is 1. The van der Waals surface area contributed by atoms with Crippen molar-refractivity contribution in [2.75, 3.05) is 0 Å². The van der Waals surface area contributed by atoms with Crippen molar-refractivity contribution in [1.29, 1.82) is 0 Å². The number of rotatable bonds is 13. The van der Waals surface area contributed by atoms with Crippen LogP contribution in [0.1, 0.15) is 84.0 Å². The number of aromatic nitrogens is 2. The first-order chi connectivity index (χ1) is 9.43. The Labute approximate surface area is 119 Å². The van der Waals surface area contributed by atoms with Crippen LogP contribution in [-0.4, -0.2) is 4.98 Å².